The Morgan fingerprint density at radius 1 is 1.65 bits per heavy atom. The number of nitriles is 1. The molecule has 1 aliphatic heterocycles. The third kappa shape index (κ3) is 3.24. The SMILES string of the molecule is CSc1cccc(N2CCOC(CC(=O)O)C2)c1C#N. The fourth-order valence-electron chi connectivity index (χ4n) is 2.32. The summed E-state index contributed by atoms with van der Waals surface area (Å²) in [5, 5.41) is 18.2. The lowest BCUT2D eigenvalue weighted by Crippen LogP contribution is -2.43. The molecule has 0 aliphatic carbocycles. The van der Waals surface area contributed by atoms with E-state index in [-0.39, 0.29) is 12.5 Å². The fraction of sp³-hybridized carbons (Fsp3) is 0.429. The lowest BCUT2D eigenvalue weighted by Gasteiger charge is -2.34. The molecule has 6 heteroatoms. The second-order valence-corrected chi connectivity index (χ2v) is 5.35. The molecule has 1 N–H and O–H groups in total. The van der Waals surface area contributed by atoms with Gasteiger partial charge in [-0.1, -0.05) is 6.07 Å². The van der Waals surface area contributed by atoms with Crippen molar-refractivity contribution < 1.29 is 14.6 Å². The Balaban J connectivity index is 2.23. The van der Waals surface area contributed by atoms with Crippen molar-refractivity contribution in [1.29, 1.82) is 5.26 Å². The van der Waals surface area contributed by atoms with Crippen molar-refractivity contribution in [3.05, 3.63) is 23.8 Å². The summed E-state index contributed by atoms with van der Waals surface area (Å²) in [5.74, 6) is -0.866. The summed E-state index contributed by atoms with van der Waals surface area (Å²) in [4.78, 5) is 13.8. The maximum Gasteiger partial charge on any atom is 0.306 e. The number of thioether (sulfide) groups is 1. The summed E-state index contributed by atoms with van der Waals surface area (Å²) in [5.41, 5.74) is 1.51. The predicted molar refractivity (Wildman–Crippen MR) is 77.1 cm³/mol. The fourth-order valence-corrected chi connectivity index (χ4v) is 2.89. The van der Waals surface area contributed by atoms with Gasteiger partial charge in [-0.3, -0.25) is 4.79 Å². The van der Waals surface area contributed by atoms with E-state index in [1.807, 2.05) is 29.4 Å². The monoisotopic (exact) mass is 292 g/mol. The second-order valence-electron chi connectivity index (χ2n) is 4.50. The minimum absolute atomic E-state index is 0.0133. The van der Waals surface area contributed by atoms with Crippen molar-refractivity contribution in [2.45, 2.75) is 17.4 Å². The molecule has 0 radical (unpaired) electrons. The summed E-state index contributed by atoms with van der Waals surface area (Å²) in [6, 6.07) is 7.99. The van der Waals surface area contributed by atoms with Crippen LogP contribution in [0.5, 0.6) is 0 Å². The molecule has 1 aromatic carbocycles. The summed E-state index contributed by atoms with van der Waals surface area (Å²) < 4.78 is 5.46. The van der Waals surface area contributed by atoms with Crippen molar-refractivity contribution in [3.8, 4) is 6.07 Å². The number of aliphatic carboxylic acids is 1. The summed E-state index contributed by atoms with van der Waals surface area (Å²) in [6.07, 6.45) is 1.60. The predicted octanol–water partition coefficient (Wildman–Crippen LogP) is 1.96. The molecule has 0 spiro atoms. The van der Waals surface area contributed by atoms with Gasteiger partial charge in [0.2, 0.25) is 0 Å². The average molecular weight is 292 g/mol. The molecule has 20 heavy (non-hydrogen) atoms. The van der Waals surface area contributed by atoms with E-state index in [0.717, 1.165) is 10.6 Å². The van der Waals surface area contributed by atoms with Gasteiger partial charge in [0.05, 0.1) is 30.4 Å². The van der Waals surface area contributed by atoms with Crippen LogP contribution >= 0.6 is 11.8 Å². The first-order chi connectivity index (χ1) is 9.65. The molecule has 1 heterocycles. The number of hydrogen-bond donors (Lipinski definition) is 1. The highest BCUT2D eigenvalue weighted by molar-refractivity contribution is 7.98. The average Bonchev–Trinajstić information content (AvgIpc) is 2.45. The van der Waals surface area contributed by atoms with Crippen molar-refractivity contribution in [2.75, 3.05) is 30.9 Å². The lowest BCUT2D eigenvalue weighted by molar-refractivity contribution is -0.140. The highest BCUT2D eigenvalue weighted by atomic mass is 32.2. The van der Waals surface area contributed by atoms with Crippen LogP contribution in [-0.4, -0.2) is 43.1 Å². The lowest BCUT2D eigenvalue weighted by atomic mass is 10.1. The number of rotatable bonds is 4. The number of morpholine rings is 1. The van der Waals surface area contributed by atoms with E-state index < -0.39 is 5.97 Å². The van der Waals surface area contributed by atoms with Gasteiger partial charge < -0.3 is 14.7 Å². The van der Waals surface area contributed by atoms with E-state index in [2.05, 4.69) is 6.07 Å². The number of ether oxygens (including phenoxy) is 1. The van der Waals surface area contributed by atoms with Crippen molar-refractivity contribution in [1.82, 2.24) is 0 Å². The van der Waals surface area contributed by atoms with Gasteiger partial charge in [0, 0.05) is 18.0 Å². The first-order valence-electron chi connectivity index (χ1n) is 6.31. The van der Waals surface area contributed by atoms with Gasteiger partial charge >= 0.3 is 5.97 Å². The van der Waals surface area contributed by atoms with Crippen LogP contribution in [0.1, 0.15) is 12.0 Å². The minimum atomic E-state index is -0.866. The number of carboxylic acids is 1. The molecular weight excluding hydrogens is 276 g/mol. The van der Waals surface area contributed by atoms with Crippen LogP contribution in [0, 0.1) is 11.3 Å². The summed E-state index contributed by atoms with van der Waals surface area (Å²) >= 11 is 1.54. The van der Waals surface area contributed by atoms with Gasteiger partial charge in [-0.15, -0.1) is 11.8 Å². The molecule has 1 fully saturated rings. The summed E-state index contributed by atoms with van der Waals surface area (Å²) in [6.45, 7) is 1.65. The summed E-state index contributed by atoms with van der Waals surface area (Å²) in [7, 11) is 0. The largest absolute Gasteiger partial charge is 0.481 e. The molecule has 2 rings (SSSR count). The zero-order valence-electron chi connectivity index (χ0n) is 11.2. The van der Waals surface area contributed by atoms with Crippen LogP contribution in [-0.2, 0) is 9.53 Å². The van der Waals surface area contributed by atoms with Gasteiger partial charge in [0.15, 0.2) is 0 Å². The highest BCUT2D eigenvalue weighted by Gasteiger charge is 2.24. The minimum Gasteiger partial charge on any atom is -0.481 e. The molecule has 1 aromatic rings. The maximum atomic E-state index is 10.8. The number of nitrogens with zero attached hydrogens (tertiary/aromatic N) is 2. The first-order valence-corrected chi connectivity index (χ1v) is 7.53. The van der Waals surface area contributed by atoms with Crippen LogP contribution in [0.2, 0.25) is 0 Å². The smallest absolute Gasteiger partial charge is 0.306 e. The Labute approximate surface area is 122 Å². The maximum absolute atomic E-state index is 10.8. The van der Waals surface area contributed by atoms with Crippen LogP contribution in [0.4, 0.5) is 5.69 Å². The Bertz CT molecular complexity index is 542. The molecule has 1 saturated heterocycles. The zero-order chi connectivity index (χ0) is 14.5. The normalized spacial score (nSPS) is 18.6. The third-order valence-corrected chi connectivity index (χ3v) is 4.00. The van der Waals surface area contributed by atoms with Gasteiger partial charge in [0.1, 0.15) is 6.07 Å². The number of carboxylic acid groups (broad SMARTS) is 1. The van der Waals surface area contributed by atoms with E-state index >= 15 is 0 Å². The van der Waals surface area contributed by atoms with Gasteiger partial charge in [-0.25, -0.2) is 0 Å². The first kappa shape index (κ1) is 14.7. The van der Waals surface area contributed by atoms with Gasteiger partial charge in [-0.2, -0.15) is 5.26 Å². The van der Waals surface area contributed by atoms with Gasteiger partial charge in [0.25, 0.3) is 0 Å². The standard InChI is InChI=1S/C14H16N2O3S/c1-20-13-4-2-3-12(11(13)8-15)16-5-6-19-10(9-16)7-14(17)18/h2-4,10H,5-7,9H2,1H3,(H,17,18). The number of benzene rings is 1. The van der Waals surface area contributed by atoms with E-state index in [4.69, 9.17) is 9.84 Å². The Morgan fingerprint density at radius 2 is 2.45 bits per heavy atom. The molecule has 0 amide bonds. The van der Waals surface area contributed by atoms with Gasteiger partial charge in [-0.05, 0) is 18.4 Å². The molecule has 1 aliphatic rings. The van der Waals surface area contributed by atoms with Crippen LogP contribution in [0.15, 0.2) is 23.1 Å². The molecule has 0 saturated carbocycles. The molecule has 5 nitrogen and oxygen atoms in total. The Kier molecular flexibility index (Phi) is 4.88. The van der Waals surface area contributed by atoms with Crippen molar-refractivity contribution in [2.24, 2.45) is 0 Å². The molecule has 106 valence electrons. The Morgan fingerprint density at radius 3 is 3.10 bits per heavy atom. The topological polar surface area (TPSA) is 73.6 Å². The second kappa shape index (κ2) is 6.64. The molecule has 1 atom stereocenters. The zero-order valence-corrected chi connectivity index (χ0v) is 12.0. The van der Waals surface area contributed by atoms with E-state index in [1.165, 1.54) is 11.8 Å². The number of hydrogen-bond acceptors (Lipinski definition) is 5. The molecule has 0 bridgehead atoms. The van der Waals surface area contributed by atoms with E-state index in [0.29, 0.717) is 25.3 Å². The van der Waals surface area contributed by atoms with Crippen LogP contribution in [0.25, 0.3) is 0 Å². The number of anilines is 1. The Hall–Kier alpha value is -1.71. The molecule has 0 aromatic heterocycles. The van der Waals surface area contributed by atoms with Crippen molar-refractivity contribution in [3.63, 3.8) is 0 Å². The molecular formula is C14H16N2O3S. The van der Waals surface area contributed by atoms with Crippen molar-refractivity contribution >= 4 is 23.4 Å². The van der Waals surface area contributed by atoms with Crippen LogP contribution < -0.4 is 4.90 Å². The van der Waals surface area contributed by atoms with E-state index in [9.17, 15) is 10.1 Å². The quantitative estimate of drug-likeness (QED) is 0.855. The number of carbonyl (C=O) groups is 1. The highest BCUT2D eigenvalue weighted by Crippen LogP contribution is 2.30. The molecule has 1 unspecified atom stereocenters. The third-order valence-electron chi connectivity index (χ3n) is 3.22. The van der Waals surface area contributed by atoms with Crippen LogP contribution in [0.3, 0.4) is 0 Å². The van der Waals surface area contributed by atoms with E-state index in [1.54, 1.807) is 0 Å².